The van der Waals surface area contributed by atoms with Gasteiger partial charge in [-0.15, -0.1) is 0 Å². The Morgan fingerprint density at radius 3 is 2.66 bits per heavy atom. The smallest absolute Gasteiger partial charge is 0.262 e. The van der Waals surface area contributed by atoms with Crippen LogP contribution < -0.4 is 19.7 Å². The third-order valence-corrected chi connectivity index (χ3v) is 5.65. The van der Waals surface area contributed by atoms with Gasteiger partial charge in [0.05, 0.1) is 22.5 Å². The molecule has 1 N–H and O–H groups in total. The molecule has 3 aromatic rings. The van der Waals surface area contributed by atoms with Gasteiger partial charge in [0.15, 0.2) is 11.5 Å². The second-order valence-corrected chi connectivity index (χ2v) is 7.37. The first-order valence-corrected chi connectivity index (χ1v) is 9.70. The second-order valence-electron chi connectivity index (χ2n) is 7.01. The van der Waals surface area contributed by atoms with Crippen LogP contribution >= 0.6 is 11.6 Å². The number of hydrogen-bond acceptors (Lipinski definition) is 5. The molecule has 2 aliphatic heterocycles. The predicted octanol–water partition coefficient (Wildman–Crippen LogP) is 3.92. The summed E-state index contributed by atoms with van der Waals surface area (Å²) in [6.45, 7) is 2.87. The number of fused-ring (bicyclic) bond motifs is 2. The molecule has 1 amide bonds. The van der Waals surface area contributed by atoms with E-state index in [9.17, 15) is 4.79 Å². The maximum Gasteiger partial charge on any atom is 0.262 e. The van der Waals surface area contributed by atoms with E-state index in [2.05, 4.69) is 10.4 Å². The fourth-order valence-corrected chi connectivity index (χ4v) is 4.14. The van der Waals surface area contributed by atoms with Gasteiger partial charge in [-0.05, 0) is 31.2 Å². The Hall–Kier alpha value is -3.19. The third-order valence-electron chi connectivity index (χ3n) is 5.20. The van der Waals surface area contributed by atoms with Crippen molar-refractivity contribution >= 4 is 28.9 Å². The SMILES string of the molecule is Cc1nn(C)c(Cl)c1C1Nc2ccccc2C(=O)N1c1ccc2c(c1)OCCO2. The number of amides is 1. The van der Waals surface area contributed by atoms with Crippen LogP contribution in [-0.2, 0) is 7.05 Å². The first-order valence-electron chi connectivity index (χ1n) is 9.32. The molecule has 2 aromatic carbocycles. The average Bonchev–Trinajstić information content (AvgIpc) is 2.99. The molecule has 0 spiro atoms. The number of nitrogens with zero attached hydrogens (tertiary/aromatic N) is 3. The molecular weight excluding hydrogens is 392 g/mol. The third kappa shape index (κ3) is 2.81. The molecule has 0 fully saturated rings. The summed E-state index contributed by atoms with van der Waals surface area (Å²) in [5.74, 6) is 1.17. The minimum absolute atomic E-state index is 0.125. The molecule has 3 heterocycles. The maximum absolute atomic E-state index is 13.5. The molecular formula is C21H19ClN4O3. The van der Waals surface area contributed by atoms with Crippen LogP contribution in [0.15, 0.2) is 42.5 Å². The molecule has 29 heavy (non-hydrogen) atoms. The molecule has 1 atom stereocenters. The van der Waals surface area contributed by atoms with Gasteiger partial charge in [-0.2, -0.15) is 5.10 Å². The summed E-state index contributed by atoms with van der Waals surface area (Å²) in [5, 5.41) is 8.37. The summed E-state index contributed by atoms with van der Waals surface area (Å²) in [5.41, 5.74) is 3.55. The van der Waals surface area contributed by atoms with E-state index in [4.69, 9.17) is 21.1 Å². The summed E-state index contributed by atoms with van der Waals surface area (Å²) >= 11 is 6.57. The van der Waals surface area contributed by atoms with Gasteiger partial charge in [0, 0.05) is 18.8 Å². The zero-order chi connectivity index (χ0) is 20.1. The zero-order valence-corrected chi connectivity index (χ0v) is 16.7. The van der Waals surface area contributed by atoms with Crippen LogP contribution in [0.5, 0.6) is 11.5 Å². The average molecular weight is 411 g/mol. The molecule has 8 heteroatoms. The van der Waals surface area contributed by atoms with E-state index in [1.165, 1.54) is 0 Å². The van der Waals surface area contributed by atoms with E-state index in [-0.39, 0.29) is 5.91 Å². The van der Waals surface area contributed by atoms with Gasteiger partial charge >= 0.3 is 0 Å². The van der Waals surface area contributed by atoms with Crippen molar-refractivity contribution in [1.82, 2.24) is 9.78 Å². The molecule has 5 rings (SSSR count). The number of carbonyl (C=O) groups excluding carboxylic acids is 1. The standard InChI is InChI=1S/C21H19ClN4O3/c1-12-18(19(22)25(2)24-12)20-23-15-6-4-3-5-14(15)21(27)26(20)13-7-8-16-17(11-13)29-10-9-28-16/h3-8,11,20,23H,9-10H2,1-2H3. The summed E-state index contributed by atoms with van der Waals surface area (Å²) in [6.07, 6.45) is -0.513. The van der Waals surface area contributed by atoms with E-state index in [1.807, 2.05) is 49.4 Å². The first kappa shape index (κ1) is 17.9. The normalized spacial score (nSPS) is 17.7. The summed E-state index contributed by atoms with van der Waals surface area (Å²) < 4.78 is 13.0. The molecule has 1 aromatic heterocycles. The Bertz CT molecular complexity index is 1130. The predicted molar refractivity (Wildman–Crippen MR) is 110 cm³/mol. The fraction of sp³-hybridized carbons (Fsp3) is 0.238. The summed E-state index contributed by atoms with van der Waals surface area (Å²) in [6, 6.07) is 13.0. The zero-order valence-electron chi connectivity index (χ0n) is 16.0. The molecule has 148 valence electrons. The van der Waals surface area contributed by atoms with Crippen LogP contribution in [0.3, 0.4) is 0 Å². The van der Waals surface area contributed by atoms with Gasteiger partial charge in [-0.1, -0.05) is 23.7 Å². The molecule has 0 bridgehead atoms. The Kier molecular flexibility index (Phi) is 4.13. The number of anilines is 2. The highest BCUT2D eigenvalue weighted by Crippen LogP contribution is 2.42. The number of para-hydroxylation sites is 1. The van der Waals surface area contributed by atoms with Crippen LogP contribution in [0.2, 0.25) is 5.15 Å². The van der Waals surface area contributed by atoms with Gasteiger partial charge in [0.2, 0.25) is 0 Å². The fourth-order valence-electron chi connectivity index (χ4n) is 3.86. The highest BCUT2D eigenvalue weighted by molar-refractivity contribution is 6.30. The minimum Gasteiger partial charge on any atom is -0.486 e. The lowest BCUT2D eigenvalue weighted by atomic mass is 10.0. The van der Waals surface area contributed by atoms with Gasteiger partial charge in [-0.25, -0.2) is 0 Å². The van der Waals surface area contributed by atoms with Crippen molar-refractivity contribution in [2.24, 2.45) is 7.05 Å². The monoisotopic (exact) mass is 410 g/mol. The lowest BCUT2D eigenvalue weighted by Gasteiger charge is -2.38. The van der Waals surface area contributed by atoms with Crippen molar-refractivity contribution in [3.05, 3.63) is 64.4 Å². The van der Waals surface area contributed by atoms with Crippen molar-refractivity contribution in [3.63, 3.8) is 0 Å². The number of halogens is 1. The molecule has 0 radical (unpaired) electrons. The Morgan fingerprint density at radius 2 is 1.90 bits per heavy atom. The number of hydrogen-bond donors (Lipinski definition) is 1. The van der Waals surface area contributed by atoms with Gasteiger partial charge in [-0.3, -0.25) is 14.4 Å². The Morgan fingerprint density at radius 1 is 1.14 bits per heavy atom. The number of ether oxygens (including phenoxy) is 2. The molecule has 1 unspecified atom stereocenters. The lowest BCUT2D eigenvalue weighted by molar-refractivity contribution is 0.0974. The Balaban J connectivity index is 1.68. The number of aryl methyl sites for hydroxylation is 2. The van der Waals surface area contributed by atoms with Gasteiger partial charge < -0.3 is 14.8 Å². The maximum atomic E-state index is 13.5. The van der Waals surface area contributed by atoms with Crippen molar-refractivity contribution < 1.29 is 14.3 Å². The van der Waals surface area contributed by atoms with E-state index in [0.29, 0.717) is 41.1 Å². The molecule has 7 nitrogen and oxygen atoms in total. The highest BCUT2D eigenvalue weighted by Gasteiger charge is 2.37. The van der Waals surface area contributed by atoms with E-state index >= 15 is 0 Å². The quantitative estimate of drug-likeness (QED) is 0.693. The Labute approximate surface area is 172 Å². The van der Waals surface area contributed by atoms with E-state index < -0.39 is 6.17 Å². The van der Waals surface area contributed by atoms with Crippen LogP contribution in [0.4, 0.5) is 11.4 Å². The number of carbonyl (C=O) groups is 1. The van der Waals surface area contributed by atoms with Gasteiger partial charge in [0.1, 0.15) is 24.5 Å². The summed E-state index contributed by atoms with van der Waals surface area (Å²) in [7, 11) is 1.78. The molecule has 0 aliphatic carbocycles. The number of aromatic nitrogens is 2. The summed E-state index contributed by atoms with van der Waals surface area (Å²) in [4.78, 5) is 15.2. The van der Waals surface area contributed by atoms with Crippen LogP contribution in [-0.4, -0.2) is 28.9 Å². The van der Waals surface area contributed by atoms with Gasteiger partial charge in [0.25, 0.3) is 5.91 Å². The van der Waals surface area contributed by atoms with E-state index in [1.54, 1.807) is 16.6 Å². The molecule has 0 saturated carbocycles. The van der Waals surface area contributed by atoms with Crippen molar-refractivity contribution in [1.29, 1.82) is 0 Å². The van der Waals surface area contributed by atoms with Crippen molar-refractivity contribution in [2.45, 2.75) is 13.1 Å². The first-order chi connectivity index (χ1) is 14.0. The van der Waals surface area contributed by atoms with Crippen LogP contribution in [0, 0.1) is 6.92 Å². The number of nitrogens with one attached hydrogen (secondary N) is 1. The van der Waals surface area contributed by atoms with Crippen LogP contribution in [0.1, 0.15) is 27.8 Å². The van der Waals surface area contributed by atoms with E-state index in [0.717, 1.165) is 16.9 Å². The van der Waals surface area contributed by atoms with Crippen molar-refractivity contribution in [3.8, 4) is 11.5 Å². The molecule has 2 aliphatic rings. The number of benzene rings is 2. The lowest BCUT2D eigenvalue weighted by Crippen LogP contribution is -2.43. The molecule has 0 saturated heterocycles. The van der Waals surface area contributed by atoms with Crippen molar-refractivity contribution in [2.75, 3.05) is 23.4 Å². The van der Waals surface area contributed by atoms with Crippen LogP contribution in [0.25, 0.3) is 0 Å². The number of rotatable bonds is 2. The topological polar surface area (TPSA) is 68.6 Å². The second kappa shape index (κ2) is 6.70. The largest absolute Gasteiger partial charge is 0.486 e. The highest BCUT2D eigenvalue weighted by atomic mass is 35.5. The minimum atomic E-state index is -0.513.